The van der Waals surface area contributed by atoms with Gasteiger partial charge in [-0.2, -0.15) is 20.4 Å². The number of aryl methyl sites for hydroxylation is 9. The molecule has 35 heteroatoms. The minimum Gasteiger partial charge on any atom is -0.543 e. The maximum atomic E-state index is 12.6. The number of hydrogen-bond donors (Lipinski definition) is 4. The van der Waals surface area contributed by atoms with Gasteiger partial charge in [0.15, 0.2) is 0 Å². The molecule has 1 atom stereocenters. The van der Waals surface area contributed by atoms with E-state index in [1.165, 1.54) is 79.7 Å². The Bertz CT molecular complexity index is 3940. The van der Waals surface area contributed by atoms with E-state index in [1.807, 2.05) is 45.9 Å². The van der Waals surface area contributed by atoms with Gasteiger partial charge in [-0.15, -0.1) is 57.8 Å². The van der Waals surface area contributed by atoms with E-state index >= 15 is 0 Å². The molecule has 9 aromatic heterocycles. The third-order valence-electron chi connectivity index (χ3n) is 12.9. The predicted molar refractivity (Wildman–Crippen MR) is 326 cm³/mol. The standard InChI is InChI=1S/C13H15N3.C11H13N3O2S.2C10H8ClF2N3O2S.C10H11N3O2S.ClH.Na/c14-11-6-7-16-9-12(15-13(16)8-11)10-4-2-1-3-5-10;1-6-7(2)17-11(13-6)8-4-12-14(3)10(8)9(16)5-15;2*1-16-7(5(18)3-17)4(2-14-16)10-15-6(9(12)13)8(11)19-10;1-5-6(2)16-9(12-5)7-4-11-13(3)8(7)10(14)15;;/h1-5,9,11H,6-8,14H2;4,15H,5H2,1-3H3;2*2,9,17H,3H2,1H3;4H,1-3H3,(H,14,15);1H;/q;;;;;;+1/p-1. The molecule has 10 aromatic rings. The fourth-order valence-corrected chi connectivity index (χ4v) is 12.5. The number of ketones is 3. The quantitative estimate of drug-likeness (QED) is 0.0574. The Morgan fingerprint density at radius 3 is 1.29 bits per heavy atom. The topological polar surface area (TPSA) is 319 Å². The van der Waals surface area contributed by atoms with Gasteiger partial charge in [0.1, 0.15) is 82.8 Å². The Hall–Kier alpha value is -6.30. The number of aromatic carboxylic acids is 1. The average molecular weight is 1380 g/mol. The van der Waals surface area contributed by atoms with Gasteiger partial charge < -0.3 is 35.5 Å². The third-order valence-corrected chi connectivity index (χ3v) is 17.7. The fourth-order valence-electron chi connectivity index (χ4n) is 8.34. The predicted octanol–water partition coefficient (Wildman–Crippen LogP) is 5.73. The molecule has 23 nitrogen and oxygen atoms in total. The zero-order chi connectivity index (χ0) is 63.7. The molecule has 11 rings (SSSR count). The van der Waals surface area contributed by atoms with Crippen LogP contribution in [0.2, 0.25) is 8.67 Å². The second kappa shape index (κ2) is 32.6. The fraction of sp³-hybridized carbons (Fsp3) is 0.315. The Labute approximate surface area is 559 Å². The Morgan fingerprint density at radius 1 is 0.607 bits per heavy atom. The van der Waals surface area contributed by atoms with Crippen molar-refractivity contribution < 1.29 is 86.7 Å². The molecule has 0 aliphatic carbocycles. The second-order valence-corrected chi connectivity index (χ2v) is 24.4. The number of carboxylic acid groups (broad SMARTS) is 1. The van der Waals surface area contributed by atoms with Crippen LogP contribution in [-0.2, 0) is 41.2 Å². The molecule has 0 saturated carbocycles. The minimum atomic E-state index is -2.79. The van der Waals surface area contributed by atoms with E-state index < -0.39 is 61.6 Å². The molecule has 1 aliphatic rings. The number of hydrogen-bond acceptors (Lipinski definition) is 22. The van der Waals surface area contributed by atoms with Crippen LogP contribution >= 0.6 is 81.0 Å². The first-order valence-electron chi connectivity index (χ1n) is 25.6. The van der Waals surface area contributed by atoms with Gasteiger partial charge in [0, 0.05) is 68.7 Å². The number of carboxylic acids is 1. The first-order chi connectivity index (χ1) is 41.3. The zero-order valence-corrected chi connectivity index (χ0v) is 56.4. The normalized spacial score (nSPS) is 12.3. The molecular weight excluding hydrogens is 1320 g/mol. The van der Waals surface area contributed by atoms with Crippen LogP contribution in [0.1, 0.15) is 99.6 Å². The monoisotopic (exact) mass is 1370 g/mol. The number of aliphatic hydroxyl groups is 3. The number of aromatic nitrogens is 14. The van der Waals surface area contributed by atoms with E-state index in [2.05, 4.69) is 68.2 Å². The van der Waals surface area contributed by atoms with Crippen molar-refractivity contribution in [1.29, 1.82) is 0 Å². The number of nitrogens with zero attached hydrogens (tertiary/aromatic N) is 14. The van der Waals surface area contributed by atoms with Gasteiger partial charge in [0.05, 0.1) is 75.8 Å². The molecule has 89 heavy (non-hydrogen) atoms. The van der Waals surface area contributed by atoms with E-state index in [0.717, 1.165) is 79.7 Å². The number of benzene rings is 1. The van der Waals surface area contributed by atoms with Crippen molar-refractivity contribution in [3.63, 3.8) is 0 Å². The smallest absolute Gasteiger partial charge is 0.543 e. The van der Waals surface area contributed by atoms with Crippen LogP contribution in [0.4, 0.5) is 17.6 Å². The number of Topliss-reactive ketones (excluding diaryl/α,β-unsaturated/α-hetero) is 3. The maximum Gasteiger partial charge on any atom is 1.00 e. The maximum absolute atomic E-state index is 12.6. The third kappa shape index (κ3) is 17.4. The van der Waals surface area contributed by atoms with Crippen LogP contribution < -0.4 is 40.4 Å². The molecule has 1 aliphatic heterocycles. The Balaban J connectivity index is 0.000000202. The first kappa shape index (κ1) is 73.4. The molecule has 0 bridgehead atoms. The Morgan fingerprint density at radius 2 is 0.966 bits per heavy atom. The summed E-state index contributed by atoms with van der Waals surface area (Å²) in [5, 5.41) is 55.2. The van der Waals surface area contributed by atoms with Crippen molar-refractivity contribution in [2.24, 2.45) is 33.9 Å². The zero-order valence-electron chi connectivity index (χ0n) is 48.8. The number of imidazole rings is 1. The molecule has 0 amide bonds. The number of halogens is 7. The van der Waals surface area contributed by atoms with E-state index in [9.17, 15) is 41.8 Å². The van der Waals surface area contributed by atoms with Gasteiger partial charge in [-0.3, -0.25) is 33.1 Å². The molecule has 0 saturated heterocycles. The molecule has 1 unspecified atom stereocenters. The van der Waals surface area contributed by atoms with Gasteiger partial charge >= 0.3 is 29.6 Å². The van der Waals surface area contributed by atoms with Crippen molar-refractivity contribution in [3.8, 4) is 53.5 Å². The van der Waals surface area contributed by atoms with Gasteiger partial charge in [0.25, 0.3) is 12.9 Å². The van der Waals surface area contributed by atoms with Crippen molar-refractivity contribution in [2.45, 2.75) is 66.0 Å². The Kier molecular flexibility index (Phi) is 26.9. The summed E-state index contributed by atoms with van der Waals surface area (Å²) in [6.07, 6.45) is 4.28. The molecule has 0 radical (unpaired) electrons. The van der Waals surface area contributed by atoms with E-state index in [1.54, 1.807) is 20.3 Å². The number of carbonyl (C=O) groups excluding carboxylic acids is 4. The number of carbonyl (C=O) groups is 4. The summed E-state index contributed by atoms with van der Waals surface area (Å²) in [5.41, 5.74) is 11.4. The van der Waals surface area contributed by atoms with E-state index in [-0.39, 0.29) is 101 Å². The number of thiazole rings is 4. The van der Waals surface area contributed by atoms with Crippen molar-refractivity contribution in [1.82, 2.24) is 68.6 Å². The van der Waals surface area contributed by atoms with Crippen LogP contribution in [0.5, 0.6) is 0 Å². The summed E-state index contributed by atoms with van der Waals surface area (Å²) in [5.74, 6) is -1.59. The second-order valence-electron chi connectivity index (χ2n) is 18.8. The average Bonchev–Trinajstić information content (AvgIpc) is 1.87. The molecule has 1 aromatic carbocycles. The van der Waals surface area contributed by atoms with Crippen LogP contribution in [0, 0.1) is 27.7 Å². The molecule has 0 spiro atoms. The summed E-state index contributed by atoms with van der Waals surface area (Å²) in [7, 11) is 6.27. The number of alkyl halides is 4. The van der Waals surface area contributed by atoms with Gasteiger partial charge in [0.2, 0.25) is 17.3 Å². The number of aliphatic hydroxyl groups excluding tert-OH is 3. The summed E-state index contributed by atoms with van der Waals surface area (Å²) in [4.78, 5) is 68.8. The molecule has 0 fully saturated rings. The SMILES string of the molecule is Cc1nc(-c2cnn(C)c2C(=O)CO)sc1C.Cc1nc(-c2cnn(C)c2C(=O)[O-])sc1C.Cl.Cn1ncc(-c2nc(C(F)F)c(Cl)s2)c1C(=O)CO.Cn1ncc(-c2nc(C(F)F)c(Cl)s2)c1C(=O)CO.NC1CCn2cc(-c3ccccc3)nc2C1.[Na+]. The molecule has 468 valence electrons. The van der Waals surface area contributed by atoms with Crippen molar-refractivity contribution in [3.05, 3.63) is 131 Å². The van der Waals surface area contributed by atoms with Crippen LogP contribution in [-0.4, -0.2) is 133 Å². The molecule has 5 N–H and O–H groups in total. The van der Waals surface area contributed by atoms with Crippen LogP contribution in [0.15, 0.2) is 61.3 Å². The van der Waals surface area contributed by atoms with Crippen LogP contribution in [0.3, 0.4) is 0 Å². The van der Waals surface area contributed by atoms with Gasteiger partial charge in [-0.05, 0) is 34.1 Å². The van der Waals surface area contributed by atoms with Gasteiger partial charge in [-0.25, -0.2) is 42.5 Å². The minimum absolute atomic E-state index is 0. The summed E-state index contributed by atoms with van der Waals surface area (Å²) >= 11 is 16.0. The van der Waals surface area contributed by atoms with E-state index in [0.29, 0.717) is 21.8 Å². The number of nitrogens with two attached hydrogens (primary N) is 1. The number of fused-ring (bicyclic) bond motifs is 1. The molecular formula is C54H55Cl3F4N15NaO8S4. The van der Waals surface area contributed by atoms with Crippen molar-refractivity contribution >= 4 is 104 Å². The summed E-state index contributed by atoms with van der Waals surface area (Å²) in [6.45, 7) is 6.84. The molecule has 10 heterocycles. The summed E-state index contributed by atoms with van der Waals surface area (Å²) < 4.78 is 57.7. The van der Waals surface area contributed by atoms with Crippen LogP contribution in [0.25, 0.3) is 53.5 Å². The summed E-state index contributed by atoms with van der Waals surface area (Å²) in [6, 6.07) is 10.6. The number of rotatable bonds is 14. The van der Waals surface area contributed by atoms with E-state index in [4.69, 9.17) is 44.3 Å². The largest absolute Gasteiger partial charge is 1.00 e. The van der Waals surface area contributed by atoms with Gasteiger partial charge in [-0.1, -0.05) is 53.5 Å². The first-order valence-corrected chi connectivity index (χ1v) is 29.7. The van der Waals surface area contributed by atoms with Crippen molar-refractivity contribution in [2.75, 3.05) is 19.8 Å².